The summed E-state index contributed by atoms with van der Waals surface area (Å²) in [5.74, 6) is 0.754. The lowest BCUT2D eigenvalue weighted by Gasteiger charge is -2.22. The molecule has 0 amide bonds. The van der Waals surface area contributed by atoms with Gasteiger partial charge >= 0.3 is 0 Å². The molecule has 2 rings (SSSR count). The highest BCUT2D eigenvalue weighted by Gasteiger charge is 2.18. The molecule has 0 radical (unpaired) electrons. The Labute approximate surface area is 116 Å². The average Bonchev–Trinajstić information content (AvgIpc) is 2.73. The van der Waals surface area contributed by atoms with E-state index < -0.39 is 5.60 Å². The zero-order valence-electron chi connectivity index (χ0n) is 10.8. The van der Waals surface area contributed by atoms with Gasteiger partial charge in [-0.2, -0.15) is 11.8 Å². The summed E-state index contributed by atoms with van der Waals surface area (Å²) in [5.41, 5.74) is 0.682. The molecule has 0 aliphatic rings. The Hall–Kier alpha value is -0.550. The van der Waals surface area contributed by atoms with Crippen molar-refractivity contribution in [3.05, 3.63) is 35.2 Å². The van der Waals surface area contributed by atoms with Crippen LogP contribution in [0.25, 0.3) is 10.1 Å². The number of nitrogens with one attached hydrogen (secondary N) is 1. The van der Waals surface area contributed by atoms with Crippen LogP contribution in [0, 0.1) is 0 Å². The Kier molecular flexibility index (Phi) is 4.67. The lowest BCUT2D eigenvalue weighted by atomic mass is 10.1. The summed E-state index contributed by atoms with van der Waals surface area (Å²) in [6.07, 6.45) is 2.01. The van der Waals surface area contributed by atoms with Gasteiger partial charge in [0.15, 0.2) is 0 Å². The maximum absolute atomic E-state index is 10.1. The summed E-state index contributed by atoms with van der Waals surface area (Å²) >= 11 is 3.45. The lowest BCUT2D eigenvalue weighted by molar-refractivity contribution is 0.0846. The molecule has 1 aromatic carbocycles. The minimum atomic E-state index is -0.634. The van der Waals surface area contributed by atoms with Crippen LogP contribution in [-0.2, 0) is 6.54 Å². The van der Waals surface area contributed by atoms with Crippen molar-refractivity contribution in [3.63, 3.8) is 0 Å². The minimum absolute atomic E-state index is 0.623. The topological polar surface area (TPSA) is 32.3 Å². The van der Waals surface area contributed by atoms with E-state index in [1.54, 1.807) is 23.1 Å². The molecule has 0 spiro atoms. The van der Waals surface area contributed by atoms with Gasteiger partial charge in [0.2, 0.25) is 0 Å². The van der Waals surface area contributed by atoms with Gasteiger partial charge in [0.05, 0.1) is 5.60 Å². The number of aliphatic hydroxyl groups is 1. The van der Waals surface area contributed by atoms with Crippen LogP contribution in [0.15, 0.2) is 29.6 Å². The van der Waals surface area contributed by atoms with E-state index in [0.717, 1.165) is 12.3 Å². The number of thioether (sulfide) groups is 1. The van der Waals surface area contributed by atoms with Crippen LogP contribution in [-0.4, -0.2) is 29.3 Å². The third kappa shape index (κ3) is 3.48. The smallest absolute Gasteiger partial charge is 0.0833 e. The normalized spacial score (nSPS) is 14.8. The third-order valence-corrected chi connectivity index (χ3v) is 4.76. The second-order valence-electron chi connectivity index (χ2n) is 4.79. The zero-order chi connectivity index (χ0) is 13.0. The van der Waals surface area contributed by atoms with Crippen molar-refractivity contribution in [3.8, 4) is 0 Å². The highest BCUT2D eigenvalue weighted by molar-refractivity contribution is 7.98. The molecule has 0 fully saturated rings. The van der Waals surface area contributed by atoms with E-state index >= 15 is 0 Å². The number of hydrogen-bond donors (Lipinski definition) is 2. The second-order valence-corrected chi connectivity index (χ2v) is 6.57. The highest BCUT2D eigenvalue weighted by atomic mass is 32.2. The van der Waals surface area contributed by atoms with Gasteiger partial charge in [0, 0.05) is 23.5 Å². The van der Waals surface area contributed by atoms with Crippen molar-refractivity contribution in [1.82, 2.24) is 5.32 Å². The fraction of sp³-hybridized carbons (Fsp3) is 0.429. The van der Waals surface area contributed by atoms with E-state index in [2.05, 4.69) is 35.0 Å². The summed E-state index contributed by atoms with van der Waals surface area (Å²) < 4.78 is 1.32. The Morgan fingerprint density at radius 3 is 2.94 bits per heavy atom. The number of hydrogen-bond acceptors (Lipinski definition) is 4. The summed E-state index contributed by atoms with van der Waals surface area (Å²) in [5, 5.41) is 16.9. The van der Waals surface area contributed by atoms with Crippen LogP contribution >= 0.6 is 23.1 Å². The molecule has 1 aromatic heterocycles. The van der Waals surface area contributed by atoms with E-state index in [-0.39, 0.29) is 0 Å². The fourth-order valence-electron chi connectivity index (χ4n) is 2.00. The maximum atomic E-state index is 10.1. The number of rotatable bonds is 6. The van der Waals surface area contributed by atoms with Crippen LogP contribution in [0.1, 0.15) is 12.5 Å². The molecule has 0 aliphatic heterocycles. The molecule has 0 saturated heterocycles. The van der Waals surface area contributed by atoms with E-state index in [1.807, 2.05) is 13.2 Å². The predicted molar refractivity (Wildman–Crippen MR) is 82.5 cm³/mol. The monoisotopic (exact) mass is 281 g/mol. The standard InChI is InChI=1S/C14H19NOS2/c1-14(16,10-17-2)9-15-7-11-8-18-13-6-4-3-5-12(11)13/h3-6,8,15-16H,7,9-10H2,1-2H3. The van der Waals surface area contributed by atoms with Crippen molar-refractivity contribution in [2.75, 3.05) is 18.6 Å². The molecule has 1 heterocycles. The third-order valence-electron chi connectivity index (χ3n) is 2.84. The predicted octanol–water partition coefficient (Wildman–Crippen LogP) is 3.10. The molecule has 4 heteroatoms. The first-order valence-electron chi connectivity index (χ1n) is 5.99. The quantitative estimate of drug-likeness (QED) is 0.853. The molecule has 98 valence electrons. The van der Waals surface area contributed by atoms with Crippen molar-refractivity contribution < 1.29 is 5.11 Å². The van der Waals surface area contributed by atoms with E-state index in [1.165, 1.54) is 15.6 Å². The van der Waals surface area contributed by atoms with Crippen molar-refractivity contribution in [1.29, 1.82) is 0 Å². The molecule has 1 unspecified atom stereocenters. The number of fused-ring (bicyclic) bond motifs is 1. The van der Waals surface area contributed by atoms with Crippen LogP contribution in [0.2, 0.25) is 0 Å². The summed E-state index contributed by atoms with van der Waals surface area (Å²) in [4.78, 5) is 0. The van der Waals surface area contributed by atoms with Gasteiger partial charge < -0.3 is 10.4 Å². The first-order chi connectivity index (χ1) is 8.62. The molecule has 1 atom stereocenters. The van der Waals surface area contributed by atoms with E-state index in [0.29, 0.717) is 6.54 Å². The van der Waals surface area contributed by atoms with Crippen LogP contribution < -0.4 is 5.32 Å². The molecule has 2 nitrogen and oxygen atoms in total. The molecule has 2 aromatic rings. The first-order valence-corrected chi connectivity index (χ1v) is 8.27. The van der Waals surface area contributed by atoms with Crippen LogP contribution in [0.5, 0.6) is 0 Å². The first kappa shape index (κ1) is 13.9. The summed E-state index contributed by atoms with van der Waals surface area (Å²) in [6, 6.07) is 8.44. The van der Waals surface area contributed by atoms with Gasteiger partial charge in [-0.05, 0) is 35.6 Å². The van der Waals surface area contributed by atoms with Crippen molar-refractivity contribution >= 4 is 33.2 Å². The average molecular weight is 281 g/mol. The van der Waals surface area contributed by atoms with Gasteiger partial charge in [0.25, 0.3) is 0 Å². The molecule has 0 bridgehead atoms. The molecular formula is C14H19NOS2. The Morgan fingerprint density at radius 1 is 1.39 bits per heavy atom. The molecule has 2 N–H and O–H groups in total. The zero-order valence-corrected chi connectivity index (χ0v) is 12.4. The Balaban J connectivity index is 1.94. The highest BCUT2D eigenvalue weighted by Crippen LogP contribution is 2.25. The maximum Gasteiger partial charge on any atom is 0.0833 e. The van der Waals surface area contributed by atoms with Crippen molar-refractivity contribution in [2.45, 2.75) is 19.1 Å². The Bertz CT molecular complexity index is 507. The molecular weight excluding hydrogens is 262 g/mol. The molecule has 0 saturated carbocycles. The fourth-order valence-corrected chi connectivity index (χ4v) is 3.68. The lowest BCUT2D eigenvalue weighted by Crippen LogP contribution is -2.39. The van der Waals surface area contributed by atoms with Crippen molar-refractivity contribution in [2.24, 2.45) is 0 Å². The van der Waals surface area contributed by atoms with Gasteiger partial charge in [0.1, 0.15) is 0 Å². The number of thiophene rings is 1. The van der Waals surface area contributed by atoms with Gasteiger partial charge in [-0.15, -0.1) is 11.3 Å². The number of benzene rings is 1. The van der Waals surface area contributed by atoms with Gasteiger partial charge in [-0.3, -0.25) is 0 Å². The SMILES string of the molecule is CSCC(C)(O)CNCc1csc2ccccc12. The second kappa shape index (κ2) is 6.06. The largest absolute Gasteiger partial charge is 0.388 e. The van der Waals surface area contributed by atoms with Crippen LogP contribution in [0.3, 0.4) is 0 Å². The van der Waals surface area contributed by atoms with Crippen LogP contribution in [0.4, 0.5) is 0 Å². The molecule has 0 aliphatic carbocycles. The summed E-state index contributed by atoms with van der Waals surface area (Å²) in [6.45, 7) is 3.31. The Morgan fingerprint density at radius 2 is 2.17 bits per heavy atom. The summed E-state index contributed by atoms with van der Waals surface area (Å²) in [7, 11) is 0. The van der Waals surface area contributed by atoms with E-state index in [9.17, 15) is 5.11 Å². The molecule has 18 heavy (non-hydrogen) atoms. The van der Waals surface area contributed by atoms with E-state index in [4.69, 9.17) is 0 Å². The van der Waals surface area contributed by atoms with Gasteiger partial charge in [-0.1, -0.05) is 18.2 Å². The minimum Gasteiger partial charge on any atom is -0.388 e. The van der Waals surface area contributed by atoms with Gasteiger partial charge in [-0.25, -0.2) is 0 Å².